The Labute approximate surface area is 51.4 Å². The highest BCUT2D eigenvalue weighted by Crippen LogP contribution is 2.07. The van der Waals surface area contributed by atoms with E-state index >= 15 is 0 Å². The molecule has 46 valence electrons. The van der Waals surface area contributed by atoms with E-state index in [1.54, 1.807) is 0 Å². The van der Waals surface area contributed by atoms with Crippen LogP contribution in [0.25, 0.3) is 0 Å². The minimum atomic E-state index is -1.63. The predicted molar refractivity (Wildman–Crippen MR) is 39.0 cm³/mol. The van der Waals surface area contributed by atoms with E-state index in [2.05, 4.69) is 6.58 Å². The summed E-state index contributed by atoms with van der Waals surface area (Å²) in [5, 5.41) is 1.05. The molecule has 0 radical (unpaired) electrons. The summed E-state index contributed by atoms with van der Waals surface area (Å²) >= 11 is 0. The highest BCUT2D eigenvalue weighted by atomic mass is 28.3. The molecule has 0 aromatic heterocycles. The molecule has 0 N–H and O–H groups in total. The maximum Gasteiger partial charge on any atom is 0.148 e. The van der Waals surface area contributed by atoms with Crippen LogP contribution in [0.15, 0.2) is 11.8 Å². The van der Waals surface area contributed by atoms with E-state index in [-0.39, 0.29) is 0 Å². The van der Waals surface area contributed by atoms with Crippen LogP contribution in [0, 0.1) is 0 Å². The molecule has 0 aliphatic carbocycles. The summed E-state index contributed by atoms with van der Waals surface area (Å²) in [4.78, 5) is 10.3. The number of carbonyl (C=O) groups excluding carboxylic acids is 1. The molecular weight excluding hydrogens is 116 g/mol. The van der Waals surface area contributed by atoms with Gasteiger partial charge in [-0.3, -0.25) is 0 Å². The van der Waals surface area contributed by atoms with Gasteiger partial charge >= 0.3 is 0 Å². The average Bonchev–Trinajstić information content (AvgIpc) is 1.67. The third-order valence-corrected chi connectivity index (χ3v) is 4.18. The van der Waals surface area contributed by atoms with E-state index in [9.17, 15) is 4.79 Å². The smallest absolute Gasteiger partial charge is 0.148 e. The van der Waals surface area contributed by atoms with Gasteiger partial charge in [0.05, 0.1) is 0 Å². The van der Waals surface area contributed by atoms with E-state index in [1.807, 2.05) is 20.0 Å². The Morgan fingerprint density at radius 2 is 2.00 bits per heavy atom. The van der Waals surface area contributed by atoms with Crippen LogP contribution in [-0.4, -0.2) is 14.0 Å². The summed E-state index contributed by atoms with van der Waals surface area (Å²) in [6, 6.07) is 0. The number of hydrogen-bond donors (Lipinski definition) is 0. The fraction of sp³-hybridized carbons (Fsp3) is 0.500. The van der Waals surface area contributed by atoms with Crippen LogP contribution in [0.5, 0.6) is 0 Å². The Morgan fingerprint density at radius 3 is 2.00 bits per heavy atom. The SMILES string of the molecule is C=C(C)[Si](C)(C)C=O. The second-order valence-electron chi connectivity index (χ2n) is 2.62. The van der Waals surface area contributed by atoms with Crippen molar-refractivity contribution >= 4 is 14.0 Å². The molecule has 0 atom stereocenters. The Balaban J connectivity index is 4.12. The highest BCUT2D eigenvalue weighted by molar-refractivity contribution is 7.04. The minimum Gasteiger partial charge on any atom is -0.309 e. The molecular formula is C6H12OSi. The van der Waals surface area contributed by atoms with Gasteiger partial charge in [-0.1, -0.05) is 18.3 Å². The first-order valence-corrected chi connectivity index (χ1v) is 5.71. The zero-order valence-corrected chi connectivity index (χ0v) is 6.69. The van der Waals surface area contributed by atoms with Gasteiger partial charge in [0.1, 0.15) is 14.0 Å². The lowest BCUT2D eigenvalue weighted by Crippen LogP contribution is -2.29. The molecule has 0 aliphatic rings. The molecule has 0 aromatic rings. The van der Waals surface area contributed by atoms with Crippen molar-refractivity contribution in [2.75, 3.05) is 0 Å². The molecule has 1 nitrogen and oxygen atoms in total. The Morgan fingerprint density at radius 1 is 1.62 bits per heavy atom. The van der Waals surface area contributed by atoms with E-state index in [4.69, 9.17) is 0 Å². The second-order valence-corrected chi connectivity index (χ2v) is 7.15. The summed E-state index contributed by atoms with van der Waals surface area (Å²) in [6.45, 7) is 9.62. The lowest BCUT2D eigenvalue weighted by atomic mass is 10.8. The monoisotopic (exact) mass is 128 g/mol. The molecule has 0 rings (SSSR count). The Kier molecular flexibility index (Phi) is 2.16. The van der Waals surface area contributed by atoms with Crippen molar-refractivity contribution in [1.82, 2.24) is 0 Å². The molecule has 8 heavy (non-hydrogen) atoms. The fourth-order valence-corrected chi connectivity index (χ4v) is 0.302. The van der Waals surface area contributed by atoms with Crippen molar-refractivity contribution < 1.29 is 4.79 Å². The van der Waals surface area contributed by atoms with Crippen molar-refractivity contribution in [3.63, 3.8) is 0 Å². The van der Waals surface area contributed by atoms with E-state index in [0.29, 0.717) is 0 Å². The molecule has 0 spiro atoms. The first-order chi connectivity index (χ1) is 3.50. The highest BCUT2D eigenvalue weighted by Gasteiger charge is 2.19. The van der Waals surface area contributed by atoms with Crippen LogP contribution in [0.3, 0.4) is 0 Å². The normalized spacial score (nSPS) is 10.9. The maximum absolute atomic E-state index is 10.3. The first kappa shape index (κ1) is 7.63. The van der Waals surface area contributed by atoms with E-state index < -0.39 is 8.07 Å². The van der Waals surface area contributed by atoms with Crippen LogP contribution in [0.4, 0.5) is 0 Å². The molecule has 0 fully saturated rings. The molecule has 0 saturated carbocycles. The van der Waals surface area contributed by atoms with Crippen LogP contribution in [-0.2, 0) is 4.79 Å². The van der Waals surface area contributed by atoms with Gasteiger partial charge in [-0.05, 0) is 6.92 Å². The molecule has 0 aromatic carbocycles. The first-order valence-electron chi connectivity index (χ1n) is 2.63. The number of carbonyl (C=O) groups is 1. The molecule has 0 bridgehead atoms. The van der Waals surface area contributed by atoms with Crippen LogP contribution >= 0.6 is 0 Å². The summed E-state index contributed by atoms with van der Waals surface area (Å²) in [5.41, 5.74) is 0. The van der Waals surface area contributed by atoms with Crippen molar-refractivity contribution in [1.29, 1.82) is 0 Å². The van der Waals surface area contributed by atoms with Crippen LogP contribution in [0.2, 0.25) is 13.1 Å². The van der Waals surface area contributed by atoms with Crippen LogP contribution < -0.4 is 0 Å². The van der Waals surface area contributed by atoms with Crippen LogP contribution in [0.1, 0.15) is 6.92 Å². The van der Waals surface area contributed by atoms with Gasteiger partial charge in [0.25, 0.3) is 0 Å². The van der Waals surface area contributed by atoms with Crippen molar-refractivity contribution in [3.8, 4) is 0 Å². The van der Waals surface area contributed by atoms with Gasteiger partial charge in [0.15, 0.2) is 0 Å². The Hall–Kier alpha value is -0.373. The van der Waals surface area contributed by atoms with Gasteiger partial charge in [0, 0.05) is 0 Å². The standard InChI is InChI=1S/C6H12OSi/c1-6(2)8(3,4)5-7/h5H,1H2,2-4H3. The Bertz CT molecular complexity index is 116. The zero-order chi connectivity index (χ0) is 6.78. The molecule has 0 heterocycles. The molecule has 0 amide bonds. The summed E-state index contributed by atoms with van der Waals surface area (Å²) in [6.07, 6.45) is 0. The third kappa shape index (κ3) is 1.62. The molecule has 2 heteroatoms. The van der Waals surface area contributed by atoms with Crippen molar-refractivity contribution in [2.24, 2.45) is 0 Å². The second kappa shape index (κ2) is 2.26. The topological polar surface area (TPSA) is 17.1 Å². The number of rotatable bonds is 2. The molecule has 0 aliphatic heterocycles. The maximum atomic E-state index is 10.3. The molecule has 0 unspecified atom stereocenters. The lowest BCUT2D eigenvalue weighted by molar-refractivity contribution is 0.567. The van der Waals surface area contributed by atoms with Gasteiger partial charge in [0.2, 0.25) is 0 Å². The van der Waals surface area contributed by atoms with Gasteiger partial charge < -0.3 is 4.79 Å². The summed E-state index contributed by atoms with van der Waals surface area (Å²) in [7, 11) is -1.63. The average molecular weight is 128 g/mol. The predicted octanol–water partition coefficient (Wildman–Crippen LogP) is 1.58. The van der Waals surface area contributed by atoms with Gasteiger partial charge in [-0.25, -0.2) is 0 Å². The zero-order valence-electron chi connectivity index (χ0n) is 5.69. The quantitative estimate of drug-likeness (QED) is 0.407. The minimum absolute atomic E-state index is 1.05. The van der Waals surface area contributed by atoms with Crippen molar-refractivity contribution in [2.45, 2.75) is 20.0 Å². The summed E-state index contributed by atoms with van der Waals surface area (Å²) in [5.74, 6) is 1.05. The summed E-state index contributed by atoms with van der Waals surface area (Å²) < 4.78 is 0. The number of allylic oxidation sites excluding steroid dienone is 1. The fourth-order valence-electron chi connectivity index (χ4n) is 0.101. The third-order valence-electron chi connectivity index (χ3n) is 1.39. The van der Waals surface area contributed by atoms with E-state index in [1.165, 1.54) is 0 Å². The van der Waals surface area contributed by atoms with Crippen molar-refractivity contribution in [3.05, 3.63) is 11.8 Å². The number of hydrogen-bond acceptors (Lipinski definition) is 1. The molecule has 0 saturated heterocycles. The lowest BCUT2D eigenvalue weighted by Gasteiger charge is -2.11. The van der Waals surface area contributed by atoms with Gasteiger partial charge in [-0.2, -0.15) is 0 Å². The largest absolute Gasteiger partial charge is 0.309 e. The van der Waals surface area contributed by atoms with Gasteiger partial charge in [-0.15, -0.1) is 6.58 Å². The van der Waals surface area contributed by atoms with E-state index in [0.717, 1.165) is 11.1 Å².